The third-order valence-electron chi connectivity index (χ3n) is 3.50. The maximum absolute atomic E-state index is 13.6. The van der Waals surface area contributed by atoms with E-state index in [0.717, 1.165) is 16.6 Å². The summed E-state index contributed by atoms with van der Waals surface area (Å²) in [6, 6.07) is 4.90. The van der Waals surface area contributed by atoms with Crippen LogP contribution >= 0.6 is 11.6 Å². The number of nitrogens with one attached hydrogen (secondary N) is 1. The number of rotatable bonds is 4. The molecule has 3 rings (SSSR count). The molecule has 1 N–H and O–H groups in total. The van der Waals surface area contributed by atoms with E-state index in [9.17, 15) is 4.39 Å². The van der Waals surface area contributed by atoms with Crippen molar-refractivity contribution in [2.75, 3.05) is 7.05 Å². The lowest BCUT2D eigenvalue weighted by Crippen LogP contribution is -2.18. The molecule has 1 aromatic carbocycles. The molecule has 0 fully saturated rings. The van der Waals surface area contributed by atoms with E-state index in [2.05, 4.69) is 15.4 Å². The Kier molecular flexibility index (Phi) is 3.86. The number of aromatic nitrogens is 3. The molecule has 3 aromatic rings. The smallest absolute Gasteiger partial charge is 0.142 e. The van der Waals surface area contributed by atoms with Gasteiger partial charge in [0.15, 0.2) is 0 Å². The van der Waals surface area contributed by atoms with Crippen molar-refractivity contribution in [3.63, 3.8) is 0 Å². The largest absolute Gasteiger partial charge is 0.313 e. The Morgan fingerprint density at radius 3 is 3.00 bits per heavy atom. The minimum atomic E-state index is -0.398. The first-order valence-corrected chi connectivity index (χ1v) is 6.95. The highest BCUT2D eigenvalue weighted by molar-refractivity contribution is 6.30. The molecule has 0 aliphatic carbocycles. The quantitative estimate of drug-likeness (QED) is 0.805. The fraction of sp³-hybridized carbons (Fsp3) is 0.200. The molecule has 2 heterocycles. The minimum absolute atomic E-state index is 0.0206. The van der Waals surface area contributed by atoms with Gasteiger partial charge in [0.25, 0.3) is 0 Å². The van der Waals surface area contributed by atoms with Crippen LogP contribution in [0.15, 0.2) is 43.0 Å². The molecule has 0 amide bonds. The second kappa shape index (κ2) is 5.79. The summed E-state index contributed by atoms with van der Waals surface area (Å²) in [6.45, 7) is 0. The van der Waals surface area contributed by atoms with Crippen LogP contribution in [0.3, 0.4) is 0 Å². The standard InChI is InChI=1S/C15H14ClFN4/c1-18-14(7-10-2-3-12(16)13(17)6-10)11-8-20-21-5-4-19-9-15(11)21/h2-6,8-9,14,18H,7H2,1H3. The van der Waals surface area contributed by atoms with Crippen LogP contribution in [0.4, 0.5) is 4.39 Å². The summed E-state index contributed by atoms with van der Waals surface area (Å²) in [7, 11) is 1.87. The van der Waals surface area contributed by atoms with E-state index >= 15 is 0 Å². The molecule has 0 saturated heterocycles. The Morgan fingerprint density at radius 1 is 1.38 bits per heavy atom. The van der Waals surface area contributed by atoms with Gasteiger partial charge >= 0.3 is 0 Å². The Hall–Kier alpha value is -1.98. The molecular weight excluding hydrogens is 291 g/mol. The molecule has 1 atom stereocenters. The van der Waals surface area contributed by atoms with Crippen LogP contribution in [-0.4, -0.2) is 21.6 Å². The van der Waals surface area contributed by atoms with Crippen LogP contribution in [0.2, 0.25) is 5.02 Å². The Balaban J connectivity index is 1.93. The zero-order valence-electron chi connectivity index (χ0n) is 11.4. The minimum Gasteiger partial charge on any atom is -0.313 e. The number of nitrogens with zero attached hydrogens (tertiary/aromatic N) is 3. The van der Waals surface area contributed by atoms with Crippen molar-refractivity contribution in [1.82, 2.24) is 19.9 Å². The van der Waals surface area contributed by atoms with Gasteiger partial charge in [-0.05, 0) is 31.2 Å². The van der Waals surface area contributed by atoms with Gasteiger partial charge in [0.1, 0.15) is 5.82 Å². The van der Waals surface area contributed by atoms with Crippen LogP contribution in [-0.2, 0) is 6.42 Å². The van der Waals surface area contributed by atoms with Gasteiger partial charge in [0.2, 0.25) is 0 Å². The number of likely N-dealkylation sites (N-methyl/N-ethyl adjacent to an activating group) is 1. The normalized spacial score (nSPS) is 12.7. The summed E-state index contributed by atoms with van der Waals surface area (Å²) in [4.78, 5) is 4.13. The Morgan fingerprint density at radius 2 is 2.24 bits per heavy atom. The number of fused-ring (bicyclic) bond motifs is 1. The second-order valence-electron chi connectivity index (χ2n) is 4.80. The Bertz CT molecular complexity index is 771. The highest BCUT2D eigenvalue weighted by Crippen LogP contribution is 2.24. The molecule has 2 aromatic heterocycles. The van der Waals surface area contributed by atoms with E-state index in [1.54, 1.807) is 29.2 Å². The zero-order valence-corrected chi connectivity index (χ0v) is 12.2. The number of hydrogen-bond donors (Lipinski definition) is 1. The number of benzene rings is 1. The van der Waals surface area contributed by atoms with E-state index in [1.165, 1.54) is 6.07 Å². The molecule has 108 valence electrons. The molecule has 0 aliphatic heterocycles. The average molecular weight is 305 g/mol. The number of hydrogen-bond acceptors (Lipinski definition) is 3. The molecule has 0 spiro atoms. The molecule has 6 heteroatoms. The maximum atomic E-state index is 13.6. The predicted octanol–water partition coefficient (Wildman–Crippen LogP) is 3.03. The lowest BCUT2D eigenvalue weighted by molar-refractivity contribution is 0.587. The molecule has 21 heavy (non-hydrogen) atoms. The van der Waals surface area contributed by atoms with E-state index in [1.807, 2.05) is 19.3 Å². The van der Waals surface area contributed by atoms with Gasteiger partial charge in [-0.3, -0.25) is 4.98 Å². The summed E-state index contributed by atoms with van der Waals surface area (Å²) in [6.07, 6.45) is 7.71. The third kappa shape index (κ3) is 2.75. The lowest BCUT2D eigenvalue weighted by atomic mass is 10.0. The van der Waals surface area contributed by atoms with Gasteiger partial charge < -0.3 is 5.32 Å². The van der Waals surface area contributed by atoms with Crippen molar-refractivity contribution in [2.24, 2.45) is 0 Å². The SMILES string of the molecule is CNC(Cc1ccc(Cl)c(F)c1)c1cnn2ccncc12. The summed E-state index contributed by atoms with van der Waals surface area (Å²) < 4.78 is 15.3. The topological polar surface area (TPSA) is 42.2 Å². The highest BCUT2D eigenvalue weighted by atomic mass is 35.5. The van der Waals surface area contributed by atoms with E-state index < -0.39 is 5.82 Å². The van der Waals surface area contributed by atoms with Crippen molar-refractivity contribution < 1.29 is 4.39 Å². The lowest BCUT2D eigenvalue weighted by Gasteiger charge is -2.15. The van der Waals surface area contributed by atoms with E-state index in [4.69, 9.17) is 11.6 Å². The first-order chi connectivity index (χ1) is 10.2. The Labute approximate surface area is 126 Å². The van der Waals surface area contributed by atoms with Crippen LogP contribution in [0.25, 0.3) is 5.52 Å². The average Bonchev–Trinajstić information content (AvgIpc) is 2.92. The molecule has 0 aliphatic rings. The summed E-state index contributed by atoms with van der Waals surface area (Å²) in [5.41, 5.74) is 2.84. The van der Waals surface area contributed by atoms with Crippen molar-refractivity contribution in [3.8, 4) is 0 Å². The molecule has 1 unspecified atom stereocenters. The van der Waals surface area contributed by atoms with Crippen molar-refractivity contribution in [1.29, 1.82) is 0 Å². The van der Waals surface area contributed by atoms with E-state index in [0.29, 0.717) is 6.42 Å². The predicted molar refractivity (Wildman–Crippen MR) is 79.9 cm³/mol. The van der Waals surface area contributed by atoms with Gasteiger partial charge in [0.05, 0.1) is 22.9 Å². The maximum Gasteiger partial charge on any atom is 0.142 e. The summed E-state index contributed by atoms with van der Waals surface area (Å²) in [5.74, 6) is -0.398. The third-order valence-corrected chi connectivity index (χ3v) is 3.81. The monoisotopic (exact) mass is 304 g/mol. The van der Waals surface area contributed by atoms with Crippen LogP contribution < -0.4 is 5.32 Å². The first-order valence-electron chi connectivity index (χ1n) is 6.57. The second-order valence-corrected chi connectivity index (χ2v) is 5.21. The molecular formula is C15H14ClFN4. The van der Waals surface area contributed by atoms with Gasteiger partial charge in [-0.25, -0.2) is 8.91 Å². The molecule has 0 saturated carbocycles. The van der Waals surface area contributed by atoms with Gasteiger partial charge in [-0.2, -0.15) is 5.10 Å². The summed E-state index contributed by atoms with van der Waals surface area (Å²) in [5, 5.41) is 7.68. The van der Waals surface area contributed by atoms with Crippen LogP contribution in [0, 0.1) is 5.82 Å². The van der Waals surface area contributed by atoms with Crippen LogP contribution in [0.1, 0.15) is 17.2 Å². The molecule has 4 nitrogen and oxygen atoms in total. The van der Waals surface area contributed by atoms with Gasteiger partial charge in [-0.1, -0.05) is 17.7 Å². The molecule has 0 radical (unpaired) electrons. The van der Waals surface area contributed by atoms with Crippen molar-refractivity contribution in [3.05, 3.63) is 65.0 Å². The first kappa shape index (κ1) is 14.0. The van der Waals surface area contributed by atoms with Gasteiger partial charge in [0, 0.05) is 24.0 Å². The van der Waals surface area contributed by atoms with Crippen LogP contribution in [0.5, 0.6) is 0 Å². The summed E-state index contributed by atoms with van der Waals surface area (Å²) >= 11 is 5.72. The molecule has 0 bridgehead atoms. The fourth-order valence-corrected chi connectivity index (χ4v) is 2.51. The highest BCUT2D eigenvalue weighted by Gasteiger charge is 2.16. The van der Waals surface area contributed by atoms with Gasteiger partial charge in [-0.15, -0.1) is 0 Å². The van der Waals surface area contributed by atoms with Crippen molar-refractivity contribution >= 4 is 17.1 Å². The number of halogens is 2. The van der Waals surface area contributed by atoms with E-state index in [-0.39, 0.29) is 11.1 Å². The zero-order chi connectivity index (χ0) is 14.8. The fourth-order valence-electron chi connectivity index (χ4n) is 2.39. The van der Waals surface area contributed by atoms with Crippen molar-refractivity contribution in [2.45, 2.75) is 12.5 Å².